The zero-order valence-corrected chi connectivity index (χ0v) is 15.1. The quantitative estimate of drug-likeness (QED) is 0.676. The fourth-order valence-corrected chi connectivity index (χ4v) is 2.31. The number of ether oxygens (including phenoxy) is 2. The van der Waals surface area contributed by atoms with Crippen LogP contribution in [0.25, 0.3) is 0 Å². The first kappa shape index (κ1) is 19.5. The molecule has 0 aromatic heterocycles. The van der Waals surface area contributed by atoms with Crippen LogP contribution in [0, 0.1) is 6.92 Å². The van der Waals surface area contributed by atoms with Crippen molar-refractivity contribution in [2.24, 2.45) is 0 Å². The highest BCUT2D eigenvalue weighted by atomic mass is 16.5. The van der Waals surface area contributed by atoms with Crippen LogP contribution in [0.5, 0.6) is 5.75 Å². The maximum absolute atomic E-state index is 12.0. The van der Waals surface area contributed by atoms with Crippen LogP contribution >= 0.6 is 0 Å². The Hall–Kier alpha value is -2.86. The summed E-state index contributed by atoms with van der Waals surface area (Å²) in [6.45, 7) is 2.84. The maximum atomic E-state index is 12.0. The van der Waals surface area contributed by atoms with Gasteiger partial charge in [-0.05, 0) is 36.2 Å². The van der Waals surface area contributed by atoms with Crippen molar-refractivity contribution in [1.82, 2.24) is 5.32 Å². The number of benzene rings is 2. The van der Waals surface area contributed by atoms with Crippen molar-refractivity contribution in [2.45, 2.75) is 13.3 Å². The summed E-state index contributed by atoms with van der Waals surface area (Å²) < 4.78 is 10.4. The van der Waals surface area contributed by atoms with E-state index in [1.807, 2.05) is 43.3 Å². The minimum atomic E-state index is -0.238. The van der Waals surface area contributed by atoms with Gasteiger partial charge >= 0.3 is 0 Å². The van der Waals surface area contributed by atoms with E-state index in [4.69, 9.17) is 9.47 Å². The van der Waals surface area contributed by atoms with Crippen molar-refractivity contribution < 1.29 is 19.1 Å². The lowest BCUT2D eigenvalue weighted by molar-refractivity contribution is -0.120. The van der Waals surface area contributed by atoms with Crippen LogP contribution in [0.2, 0.25) is 0 Å². The van der Waals surface area contributed by atoms with Crippen molar-refractivity contribution in [3.05, 3.63) is 59.7 Å². The van der Waals surface area contributed by atoms with Crippen LogP contribution in [0.3, 0.4) is 0 Å². The number of nitrogens with one attached hydrogen (secondary N) is 2. The number of aryl methyl sites for hydroxylation is 1. The smallest absolute Gasteiger partial charge is 0.262 e. The van der Waals surface area contributed by atoms with Crippen LogP contribution in [0.4, 0.5) is 5.69 Å². The largest absolute Gasteiger partial charge is 0.483 e. The average molecular weight is 356 g/mol. The monoisotopic (exact) mass is 356 g/mol. The molecule has 6 heteroatoms. The number of hydrogen-bond acceptors (Lipinski definition) is 4. The number of methoxy groups -OCH3 is 1. The van der Waals surface area contributed by atoms with Gasteiger partial charge < -0.3 is 20.1 Å². The summed E-state index contributed by atoms with van der Waals surface area (Å²) in [6, 6.07) is 14.7. The third kappa shape index (κ3) is 6.57. The second-order valence-electron chi connectivity index (χ2n) is 5.82. The number of para-hydroxylation sites is 1. The minimum Gasteiger partial charge on any atom is -0.483 e. The molecule has 2 aromatic carbocycles. The molecule has 0 fully saturated rings. The molecule has 0 aliphatic carbocycles. The van der Waals surface area contributed by atoms with Crippen molar-refractivity contribution in [3.8, 4) is 5.75 Å². The molecule has 0 radical (unpaired) electrons. The highest BCUT2D eigenvalue weighted by Gasteiger charge is 2.06. The third-order valence-electron chi connectivity index (χ3n) is 3.68. The summed E-state index contributed by atoms with van der Waals surface area (Å²) >= 11 is 0. The molecule has 0 unspecified atom stereocenters. The van der Waals surface area contributed by atoms with Crippen molar-refractivity contribution in [1.29, 1.82) is 0 Å². The molecule has 0 saturated carbocycles. The lowest BCUT2D eigenvalue weighted by atomic mass is 10.1. The summed E-state index contributed by atoms with van der Waals surface area (Å²) in [5.74, 6) is 0.390. The summed E-state index contributed by atoms with van der Waals surface area (Å²) in [7, 11) is 1.59. The van der Waals surface area contributed by atoms with Gasteiger partial charge in [0, 0.05) is 19.3 Å². The van der Waals surface area contributed by atoms with Crippen LogP contribution in [-0.4, -0.2) is 38.7 Å². The molecule has 2 aromatic rings. The SMILES string of the molecule is COCCNC(=O)Cc1ccc(NC(=O)COc2ccccc2C)cc1. The Kier molecular flexibility index (Phi) is 7.64. The van der Waals surface area contributed by atoms with Crippen molar-refractivity contribution >= 4 is 17.5 Å². The van der Waals surface area contributed by atoms with E-state index >= 15 is 0 Å². The molecule has 2 N–H and O–H groups in total. The summed E-state index contributed by atoms with van der Waals surface area (Å²) in [4.78, 5) is 23.7. The third-order valence-corrected chi connectivity index (χ3v) is 3.68. The number of amides is 2. The van der Waals surface area contributed by atoms with E-state index in [1.54, 1.807) is 19.2 Å². The number of rotatable bonds is 9. The van der Waals surface area contributed by atoms with Gasteiger partial charge in [-0.2, -0.15) is 0 Å². The summed E-state index contributed by atoms with van der Waals surface area (Å²) in [6.07, 6.45) is 0.286. The van der Waals surface area contributed by atoms with E-state index in [0.29, 0.717) is 24.6 Å². The summed E-state index contributed by atoms with van der Waals surface area (Å²) in [5.41, 5.74) is 2.51. The van der Waals surface area contributed by atoms with Crippen molar-refractivity contribution in [2.75, 3.05) is 32.2 Å². The topological polar surface area (TPSA) is 76.7 Å². The van der Waals surface area contributed by atoms with E-state index in [9.17, 15) is 9.59 Å². The molecule has 6 nitrogen and oxygen atoms in total. The molecule has 0 bridgehead atoms. The van der Waals surface area contributed by atoms with Crippen LogP contribution in [-0.2, 0) is 20.7 Å². The van der Waals surface area contributed by atoms with Gasteiger partial charge in [-0.25, -0.2) is 0 Å². The second-order valence-corrected chi connectivity index (χ2v) is 5.82. The molecular weight excluding hydrogens is 332 g/mol. The van der Waals surface area contributed by atoms with E-state index < -0.39 is 0 Å². The predicted molar refractivity (Wildman–Crippen MR) is 100 cm³/mol. The fraction of sp³-hybridized carbons (Fsp3) is 0.300. The molecule has 26 heavy (non-hydrogen) atoms. The average Bonchev–Trinajstić information content (AvgIpc) is 2.63. The van der Waals surface area contributed by atoms with Gasteiger partial charge in [0.1, 0.15) is 5.75 Å². The zero-order valence-electron chi connectivity index (χ0n) is 15.1. The standard InChI is InChI=1S/C20H24N2O4/c1-15-5-3-4-6-18(15)26-14-20(24)22-17-9-7-16(8-10-17)13-19(23)21-11-12-25-2/h3-10H,11-14H2,1-2H3,(H,21,23)(H,22,24). The number of carbonyl (C=O) groups is 2. The fourth-order valence-electron chi connectivity index (χ4n) is 2.31. The molecule has 0 aliphatic heterocycles. The van der Waals surface area contributed by atoms with Gasteiger partial charge in [-0.15, -0.1) is 0 Å². The Bertz CT molecular complexity index is 729. The maximum Gasteiger partial charge on any atom is 0.262 e. The van der Waals surface area contributed by atoms with Gasteiger partial charge in [0.2, 0.25) is 5.91 Å². The molecule has 2 amide bonds. The van der Waals surface area contributed by atoms with E-state index in [2.05, 4.69) is 10.6 Å². The Morgan fingerprint density at radius 3 is 2.42 bits per heavy atom. The first-order chi connectivity index (χ1) is 12.6. The molecule has 0 heterocycles. The minimum absolute atomic E-state index is 0.0610. The van der Waals surface area contributed by atoms with Crippen LogP contribution < -0.4 is 15.4 Å². The second kappa shape index (κ2) is 10.2. The van der Waals surface area contributed by atoms with Gasteiger partial charge in [0.05, 0.1) is 13.0 Å². The highest BCUT2D eigenvalue weighted by molar-refractivity contribution is 5.92. The number of anilines is 1. The highest BCUT2D eigenvalue weighted by Crippen LogP contribution is 2.16. The Morgan fingerprint density at radius 1 is 1.00 bits per heavy atom. The lowest BCUT2D eigenvalue weighted by Gasteiger charge is -2.10. The van der Waals surface area contributed by atoms with Crippen LogP contribution in [0.15, 0.2) is 48.5 Å². The number of carbonyl (C=O) groups excluding carboxylic acids is 2. The van der Waals surface area contributed by atoms with Crippen molar-refractivity contribution in [3.63, 3.8) is 0 Å². The molecule has 0 aliphatic rings. The normalized spacial score (nSPS) is 10.2. The number of hydrogen-bond donors (Lipinski definition) is 2. The first-order valence-corrected chi connectivity index (χ1v) is 8.41. The van der Waals surface area contributed by atoms with Gasteiger partial charge in [0.15, 0.2) is 6.61 Å². The molecule has 2 rings (SSSR count). The molecule has 0 spiro atoms. The van der Waals surface area contributed by atoms with E-state index in [0.717, 1.165) is 11.1 Å². The molecule has 0 atom stereocenters. The molecule has 138 valence electrons. The zero-order chi connectivity index (χ0) is 18.8. The Balaban J connectivity index is 1.78. The van der Waals surface area contributed by atoms with Gasteiger partial charge in [-0.1, -0.05) is 30.3 Å². The molecule has 0 saturated heterocycles. The van der Waals surface area contributed by atoms with Crippen LogP contribution in [0.1, 0.15) is 11.1 Å². The van der Waals surface area contributed by atoms with E-state index in [-0.39, 0.29) is 24.8 Å². The summed E-state index contributed by atoms with van der Waals surface area (Å²) in [5, 5.41) is 5.54. The van der Waals surface area contributed by atoms with Gasteiger partial charge in [-0.3, -0.25) is 9.59 Å². The Labute approximate surface area is 153 Å². The first-order valence-electron chi connectivity index (χ1n) is 8.41. The van der Waals surface area contributed by atoms with Gasteiger partial charge in [0.25, 0.3) is 5.91 Å². The molecular formula is C20H24N2O4. The Morgan fingerprint density at radius 2 is 1.73 bits per heavy atom. The predicted octanol–water partition coefficient (Wildman–Crippen LogP) is 2.32. The van der Waals surface area contributed by atoms with E-state index in [1.165, 1.54) is 0 Å². The lowest BCUT2D eigenvalue weighted by Crippen LogP contribution is -2.28.